The lowest BCUT2D eigenvalue weighted by Crippen LogP contribution is -2.36. The van der Waals surface area contributed by atoms with Crippen LogP contribution in [0.15, 0.2) is 24.3 Å². The number of carbonyl (C=O) groups excluding carboxylic acids is 1. The molecule has 2 heterocycles. The van der Waals surface area contributed by atoms with E-state index in [0.717, 1.165) is 64.1 Å². The molecule has 5 nitrogen and oxygen atoms in total. The Morgan fingerprint density at radius 1 is 1.04 bits per heavy atom. The van der Waals surface area contributed by atoms with Gasteiger partial charge in [-0.3, -0.25) is 9.80 Å². The molecule has 2 saturated heterocycles. The molecule has 1 aromatic carbocycles. The summed E-state index contributed by atoms with van der Waals surface area (Å²) in [7, 11) is 0. The number of amides is 1. The van der Waals surface area contributed by atoms with Crippen LogP contribution in [0.2, 0.25) is 0 Å². The number of morpholine rings is 1. The lowest BCUT2D eigenvalue weighted by Gasteiger charge is -2.30. The molecule has 0 unspecified atom stereocenters. The second kappa shape index (κ2) is 8.33. The van der Waals surface area contributed by atoms with Gasteiger partial charge in [0, 0.05) is 25.2 Å². The van der Waals surface area contributed by atoms with Crippen molar-refractivity contribution in [2.45, 2.75) is 44.2 Å². The smallest absolute Gasteiger partial charge is 0.411 e. The zero-order valence-corrected chi connectivity index (χ0v) is 15.9. The second-order valence-corrected chi connectivity index (χ2v) is 7.85. The Bertz CT molecular complexity index is 707. The second-order valence-electron chi connectivity index (χ2n) is 7.85. The Balaban J connectivity index is 1.29. The van der Waals surface area contributed by atoms with Crippen LogP contribution in [-0.4, -0.2) is 60.9 Å². The van der Waals surface area contributed by atoms with E-state index in [1.54, 1.807) is 4.90 Å². The molecule has 4 rings (SSSR count). The number of rotatable bonds is 3. The van der Waals surface area contributed by atoms with E-state index in [2.05, 4.69) is 41.0 Å². The minimum absolute atomic E-state index is 0.202. The van der Waals surface area contributed by atoms with Gasteiger partial charge in [-0.25, -0.2) is 4.79 Å². The fourth-order valence-corrected chi connectivity index (χ4v) is 4.22. The molecule has 3 aliphatic rings. The van der Waals surface area contributed by atoms with Gasteiger partial charge in [0.2, 0.25) is 0 Å². The van der Waals surface area contributed by atoms with Crippen LogP contribution in [0.4, 0.5) is 4.79 Å². The van der Waals surface area contributed by atoms with Crippen molar-refractivity contribution >= 4 is 6.09 Å². The Morgan fingerprint density at radius 3 is 2.52 bits per heavy atom. The van der Waals surface area contributed by atoms with Crippen molar-refractivity contribution in [3.63, 3.8) is 0 Å². The van der Waals surface area contributed by atoms with Crippen LogP contribution in [0.25, 0.3) is 0 Å². The number of hydrogen-bond acceptors (Lipinski definition) is 4. The highest BCUT2D eigenvalue weighted by Crippen LogP contribution is 2.36. The highest BCUT2D eigenvalue weighted by Gasteiger charge is 2.45. The third-order valence-corrected chi connectivity index (χ3v) is 5.77. The molecule has 0 radical (unpaired) electrons. The summed E-state index contributed by atoms with van der Waals surface area (Å²) in [4.78, 5) is 16.3. The zero-order chi connectivity index (χ0) is 18.5. The predicted molar refractivity (Wildman–Crippen MR) is 103 cm³/mol. The van der Waals surface area contributed by atoms with E-state index >= 15 is 0 Å². The maximum absolute atomic E-state index is 12.1. The summed E-state index contributed by atoms with van der Waals surface area (Å²) < 4.78 is 11.1. The molecule has 27 heavy (non-hydrogen) atoms. The van der Waals surface area contributed by atoms with Crippen LogP contribution >= 0.6 is 0 Å². The fraction of sp³-hybridized carbons (Fsp3) is 0.591. The minimum Gasteiger partial charge on any atom is -0.441 e. The predicted octanol–water partition coefficient (Wildman–Crippen LogP) is 3.03. The van der Waals surface area contributed by atoms with Gasteiger partial charge in [-0.1, -0.05) is 30.4 Å². The lowest BCUT2D eigenvalue weighted by molar-refractivity contribution is 0.0260. The molecule has 3 fully saturated rings. The summed E-state index contributed by atoms with van der Waals surface area (Å²) in [6.45, 7) is 5.73. The van der Waals surface area contributed by atoms with Crippen molar-refractivity contribution in [2.24, 2.45) is 0 Å². The van der Waals surface area contributed by atoms with Gasteiger partial charge in [0.1, 0.15) is 5.60 Å². The van der Waals surface area contributed by atoms with Gasteiger partial charge in [0.05, 0.1) is 26.3 Å². The quantitative estimate of drug-likeness (QED) is 0.769. The van der Waals surface area contributed by atoms with E-state index in [1.807, 2.05) is 0 Å². The Morgan fingerprint density at radius 2 is 1.78 bits per heavy atom. The number of carbonyl (C=O) groups is 1. The summed E-state index contributed by atoms with van der Waals surface area (Å²) in [6.07, 6.45) is 5.35. The molecule has 0 bridgehead atoms. The maximum atomic E-state index is 12.1. The van der Waals surface area contributed by atoms with Crippen LogP contribution in [-0.2, 0) is 16.0 Å². The van der Waals surface area contributed by atoms with Crippen molar-refractivity contribution in [3.05, 3.63) is 35.4 Å². The van der Waals surface area contributed by atoms with Crippen molar-refractivity contribution in [1.29, 1.82) is 0 Å². The molecule has 2 aliphatic heterocycles. The van der Waals surface area contributed by atoms with E-state index in [9.17, 15) is 4.79 Å². The molecular formula is C22H28N2O3. The van der Waals surface area contributed by atoms with E-state index < -0.39 is 0 Å². The summed E-state index contributed by atoms with van der Waals surface area (Å²) in [5.74, 6) is 6.33. The monoisotopic (exact) mass is 368 g/mol. The average Bonchev–Trinajstić information content (AvgIpc) is 2.99. The SMILES string of the molecule is O=C1OC2(CCCCC2)CN1CC#Cc1ccc(CN2CCOCC2)cc1. The lowest BCUT2D eigenvalue weighted by atomic mass is 9.85. The minimum atomic E-state index is -0.238. The maximum Gasteiger partial charge on any atom is 0.411 e. The molecule has 1 aliphatic carbocycles. The van der Waals surface area contributed by atoms with Gasteiger partial charge < -0.3 is 9.47 Å². The van der Waals surface area contributed by atoms with Gasteiger partial charge in [0.25, 0.3) is 0 Å². The van der Waals surface area contributed by atoms with Crippen molar-refractivity contribution < 1.29 is 14.3 Å². The molecule has 0 N–H and O–H groups in total. The molecular weight excluding hydrogens is 340 g/mol. The standard InChI is InChI=1S/C22H28N2O3/c25-21-24(18-22(27-21)10-2-1-3-11-22)12-4-5-19-6-8-20(9-7-19)17-23-13-15-26-16-14-23/h6-9H,1-3,10-18H2. The first-order chi connectivity index (χ1) is 13.2. The van der Waals surface area contributed by atoms with Crippen LogP contribution in [0.5, 0.6) is 0 Å². The van der Waals surface area contributed by atoms with E-state index in [4.69, 9.17) is 9.47 Å². The topological polar surface area (TPSA) is 42.0 Å². The van der Waals surface area contributed by atoms with Crippen molar-refractivity contribution in [2.75, 3.05) is 39.4 Å². The summed E-state index contributed by atoms with van der Waals surface area (Å²) >= 11 is 0. The molecule has 5 heteroatoms. The van der Waals surface area contributed by atoms with Gasteiger partial charge in [-0.2, -0.15) is 0 Å². The van der Waals surface area contributed by atoms with Gasteiger partial charge in [-0.05, 0) is 43.4 Å². The highest BCUT2D eigenvalue weighted by molar-refractivity contribution is 5.71. The fourth-order valence-electron chi connectivity index (χ4n) is 4.22. The normalized spacial score (nSPS) is 22.4. The van der Waals surface area contributed by atoms with Crippen LogP contribution in [0, 0.1) is 11.8 Å². The highest BCUT2D eigenvalue weighted by atomic mass is 16.6. The first-order valence-corrected chi connectivity index (χ1v) is 10.1. The number of ether oxygens (including phenoxy) is 2. The Hall–Kier alpha value is -2.03. The molecule has 0 aromatic heterocycles. The zero-order valence-electron chi connectivity index (χ0n) is 15.9. The van der Waals surface area contributed by atoms with Gasteiger partial charge in [-0.15, -0.1) is 0 Å². The third-order valence-electron chi connectivity index (χ3n) is 5.77. The van der Waals surface area contributed by atoms with Gasteiger partial charge in [0.15, 0.2) is 0 Å². The summed E-state index contributed by atoms with van der Waals surface area (Å²) in [5, 5.41) is 0. The number of benzene rings is 1. The first kappa shape index (κ1) is 18.3. The number of hydrogen-bond donors (Lipinski definition) is 0. The van der Waals surface area contributed by atoms with Crippen LogP contribution in [0.3, 0.4) is 0 Å². The molecule has 0 atom stereocenters. The first-order valence-electron chi connectivity index (χ1n) is 10.1. The molecule has 1 aromatic rings. The third kappa shape index (κ3) is 4.63. The van der Waals surface area contributed by atoms with Crippen molar-refractivity contribution in [3.8, 4) is 11.8 Å². The molecule has 1 spiro atoms. The Kier molecular flexibility index (Phi) is 5.66. The summed E-state index contributed by atoms with van der Waals surface area (Å²) in [5.41, 5.74) is 2.04. The summed E-state index contributed by atoms with van der Waals surface area (Å²) in [6, 6.07) is 8.41. The van der Waals surface area contributed by atoms with E-state index in [-0.39, 0.29) is 11.7 Å². The number of nitrogens with zero attached hydrogens (tertiary/aromatic N) is 2. The van der Waals surface area contributed by atoms with Gasteiger partial charge >= 0.3 is 6.09 Å². The Labute approximate surface area is 161 Å². The van der Waals surface area contributed by atoms with E-state index in [1.165, 1.54) is 12.0 Å². The molecule has 1 saturated carbocycles. The van der Waals surface area contributed by atoms with Crippen molar-refractivity contribution in [1.82, 2.24) is 9.80 Å². The molecule has 1 amide bonds. The average molecular weight is 368 g/mol. The molecule has 144 valence electrons. The largest absolute Gasteiger partial charge is 0.441 e. The van der Waals surface area contributed by atoms with E-state index in [0.29, 0.717) is 13.1 Å². The van der Waals surface area contributed by atoms with Crippen LogP contribution < -0.4 is 0 Å². The van der Waals surface area contributed by atoms with Crippen LogP contribution in [0.1, 0.15) is 43.2 Å².